The lowest BCUT2D eigenvalue weighted by Gasteiger charge is -2.47. The fourth-order valence-electron chi connectivity index (χ4n) is 13.3. The van der Waals surface area contributed by atoms with Crippen LogP contribution in [-0.4, -0.2) is 6.71 Å². The van der Waals surface area contributed by atoms with Gasteiger partial charge in [-0.05, 0) is 193 Å². The summed E-state index contributed by atoms with van der Waals surface area (Å²) in [6.45, 7) is 45.3. The molecule has 2 aliphatic heterocycles. The molecule has 0 spiro atoms. The summed E-state index contributed by atoms with van der Waals surface area (Å²) in [5, 5.41) is 1.21. The largest absolute Gasteiger partial charge is 0.440 e. The summed E-state index contributed by atoms with van der Waals surface area (Å²) in [4.78, 5) is 5.22. The van der Waals surface area contributed by atoms with Crippen LogP contribution in [0.3, 0.4) is 0 Å². The molecule has 372 valence electrons. The molecule has 0 unspecified atom stereocenters. The van der Waals surface area contributed by atoms with E-state index in [9.17, 15) is 0 Å². The van der Waals surface area contributed by atoms with Gasteiger partial charge in [-0.15, -0.1) is 0 Å². The van der Waals surface area contributed by atoms with Gasteiger partial charge in [-0.2, -0.15) is 0 Å². The summed E-state index contributed by atoms with van der Waals surface area (Å²) in [6, 6.07) is 39.2. The van der Waals surface area contributed by atoms with Crippen LogP contribution in [0.25, 0.3) is 22.1 Å². The van der Waals surface area contributed by atoms with E-state index < -0.39 is 0 Å². The minimum Gasteiger partial charge on any atom is -0.440 e. The van der Waals surface area contributed by atoms with Crippen molar-refractivity contribution in [1.82, 2.24) is 0 Å². The third kappa shape index (κ3) is 7.48. The van der Waals surface area contributed by atoms with E-state index in [0.29, 0.717) is 0 Å². The first-order chi connectivity index (χ1) is 33.4. The predicted molar refractivity (Wildman–Crippen MR) is 312 cm³/mol. The van der Waals surface area contributed by atoms with Crippen LogP contribution in [0.5, 0.6) is 0 Å². The van der Waals surface area contributed by atoms with Crippen LogP contribution in [0.4, 0.5) is 34.3 Å². The number of rotatable bonds is 3. The SMILES string of the molecule is Cc1cc2c3c(c1)N(c1c(C)cc(C(C)(C)C)cc1-c1ccc4c(c1)C(C)(C)CCC4(C)C)c1oc4ccc(C(C)(C)C)cc4c1B3c1cc3c(cc1N2c1ccc(C(C)(C)C)cc1)C(C)(C)CCC3(C)C. The lowest BCUT2D eigenvalue weighted by molar-refractivity contribution is 0.332. The quantitative estimate of drug-likeness (QED) is 0.165. The molecule has 0 saturated heterocycles. The number of nitrogens with zero attached hydrogens (tertiary/aromatic N) is 2. The summed E-state index contributed by atoms with van der Waals surface area (Å²) in [5.74, 6) is 0.934. The van der Waals surface area contributed by atoms with E-state index in [1.54, 1.807) is 0 Å². The highest BCUT2D eigenvalue weighted by molar-refractivity contribution is 7.01. The molecule has 4 heteroatoms. The number of aryl methyl sites for hydroxylation is 2. The Morgan fingerprint density at radius 3 is 1.58 bits per heavy atom. The van der Waals surface area contributed by atoms with Gasteiger partial charge in [-0.25, -0.2) is 0 Å². The highest BCUT2D eigenvalue weighted by Crippen LogP contribution is 2.54. The van der Waals surface area contributed by atoms with Crippen LogP contribution in [0.1, 0.15) is 193 Å². The van der Waals surface area contributed by atoms with Crippen molar-refractivity contribution >= 4 is 68.4 Å². The van der Waals surface area contributed by atoms with Crippen LogP contribution in [0.2, 0.25) is 0 Å². The molecular formula is C68H81BN2O. The summed E-state index contributed by atoms with van der Waals surface area (Å²) >= 11 is 0. The van der Waals surface area contributed by atoms with Crippen molar-refractivity contribution < 1.29 is 4.42 Å². The van der Waals surface area contributed by atoms with Crippen molar-refractivity contribution in [3.05, 3.63) is 147 Å². The zero-order valence-electron chi connectivity index (χ0n) is 47.4. The molecule has 3 nitrogen and oxygen atoms in total. The van der Waals surface area contributed by atoms with Gasteiger partial charge in [0.15, 0.2) is 0 Å². The molecule has 0 N–H and O–H groups in total. The first kappa shape index (κ1) is 48.8. The van der Waals surface area contributed by atoms with E-state index in [0.717, 1.165) is 24.3 Å². The molecule has 72 heavy (non-hydrogen) atoms. The van der Waals surface area contributed by atoms with Crippen molar-refractivity contribution in [1.29, 1.82) is 0 Å². The minimum absolute atomic E-state index is 0.0241. The van der Waals surface area contributed by atoms with Crippen LogP contribution >= 0.6 is 0 Å². The van der Waals surface area contributed by atoms with Gasteiger partial charge >= 0.3 is 0 Å². The Balaban J connectivity index is 1.29. The van der Waals surface area contributed by atoms with Gasteiger partial charge < -0.3 is 9.32 Å². The van der Waals surface area contributed by atoms with Gasteiger partial charge in [0.1, 0.15) is 5.58 Å². The average Bonchev–Trinajstić information content (AvgIpc) is 3.67. The number of hydrogen-bond acceptors (Lipinski definition) is 3. The maximum absolute atomic E-state index is 7.58. The van der Waals surface area contributed by atoms with Gasteiger partial charge in [0, 0.05) is 39.2 Å². The number of fused-ring (bicyclic) bond motifs is 8. The van der Waals surface area contributed by atoms with Crippen molar-refractivity contribution in [2.75, 3.05) is 9.80 Å². The van der Waals surface area contributed by atoms with Crippen molar-refractivity contribution in [2.24, 2.45) is 0 Å². The molecule has 0 amide bonds. The number of furan rings is 1. The molecule has 0 saturated carbocycles. The van der Waals surface area contributed by atoms with Crippen molar-refractivity contribution in [3.8, 4) is 11.1 Å². The van der Waals surface area contributed by atoms with E-state index >= 15 is 0 Å². The maximum Gasteiger partial charge on any atom is 0.257 e. The van der Waals surface area contributed by atoms with E-state index in [1.807, 2.05) is 0 Å². The van der Waals surface area contributed by atoms with Crippen LogP contribution in [-0.2, 0) is 37.9 Å². The summed E-state index contributed by atoms with van der Waals surface area (Å²) < 4.78 is 7.58. The van der Waals surface area contributed by atoms with Gasteiger partial charge in [0.05, 0.1) is 5.69 Å². The summed E-state index contributed by atoms with van der Waals surface area (Å²) in [7, 11) is 0. The predicted octanol–water partition coefficient (Wildman–Crippen LogP) is 17.4. The number of hydrogen-bond donors (Lipinski definition) is 0. The van der Waals surface area contributed by atoms with Gasteiger partial charge in [-0.3, -0.25) is 4.90 Å². The van der Waals surface area contributed by atoms with Gasteiger partial charge in [0.25, 0.3) is 6.71 Å². The molecule has 0 atom stereocenters. The molecule has 0 fully saturated rings. The zero-order valence-corrected chi connectivity index (χ0v) is 47.4. The second-order valence-corrected chi connectivity index (χ2v) is 28.6. The molecular weight excluding hydrogens is 872 g/mol. The Bertz CT molecular complexity index is 3390. The van der Waals surface area contributed by atoms with Gasteiger partial charge in [0.2, 0.25) is 5.88 Å². The molecule has 0 radical (unpaired) electrons. The highest BCUT2D eigenvalue weighted by Gasteiger charge is 2.49. The fourth-order valence-corrected chi connectivity index (χ4v) is 13.3. The van der Waals surface area contributed by atoms with Crippen LogP contribution in [0.15, 0.2) is 101 Å². The zero-order chi connectivity index (χ0) is 51.8. The molecule has 11 rings (SSSR count). The molecule has 3 heterocycles. The van der Waals surface area contributed by atoms with E-state index in [-0.39, 0.29) is 44.6 Å². The lowest BCUT2D eigenvalue weighted by Crippen LogP contribution is -2.61. The molecule has 4 aliphatic rings. The number of benzene rings is 6. The fraction of sp³-hybridized carbons (Fsp3) is 0.441. The molecule has 6 aromatic carbocycles. The lowest BCUT2D eigenvalue weighted by atomic mass is 9.33. The molecule has 1 aromatic heterocycles. The normalized spacial score (nSPS) is 18.3. The van der Waals surface area contributed by atoms with E-state index in [2.05, 4.69) is 238 Å². The van der Waals surface area contributed by atoms with E-state index in [1.165, 1.54) is 124 Å². The second kappa shape index (κ2) is 15.5. The standard InChI is InChI=1S/C68H81BN2O/c1-40-32-55-59-56(33-40)71(60-41(2)34-45(64(9,10)11)37-47(60)42-20-26-49-50(35-42)66(14,15)29-28-65(49,12)13)61-58(48-36-44(63(6,7)8)23-27-57(48)72-61)69(59)53-38-51-52(68(18,19)31-30-67(51,16)17)39-54(53)70(55)46-24-21-43(22-25-46)62(3,4)5/h20-27,32-39H,28-31H2,1-19H3. The maximum atomic E-state index is 7.58. The Labute approximate surface area is 433 Å². The molecule has 0 bridgehead atoms. The average molecular weight is 953 g/mol. The summed E-state index contributed by atoms with van der Waals surface area (Å²) in [5.41, 5.74) is 26.1. The monoisotopic (exact) mass is 953 g/mol. The summed E-state index contributed by atoms with van der Waals surface area (Å²) in [6.07, 6.45) is 4.67. The molecule has 2 aliphatic carbocycles. The topological polar surface area (TPSA) is 19.6 Å². The van der Waals surface area contributed by atoms with Crippen molar-refractivity contribution in [3.63, 3.8) is 0 Å². The highest BCUT2D eigenvalue weighted by atomic mass is 16.4. The Morgan fingerprint density at radius 1 is 0.472 bits per heavy atom. The Hall–Kier alpha value is -5.48. The number of anilines is 6. The Kier molecular flexibility index (Phi) is 10.5. The molecule has 7 aromatic rings. The first-order valence-electron chi connectivity index (χ1n) is 27.3. The van der Waals surface area contributed by atoms with Crippen molar-refractivity contribution in [2.45, 2.75) is 195 Å². The van der Waals surface area contributed by atoms with E-state index in [4.69, 9.17) is 4.42 Å². The van der Waals surface area contributed by atoms with Crippen LogP contribution in [0, 0.1) is 13.8 Å². The third-order valence-electron chi connectivity index (χ3n) is 18.2. The first-order valence-corrected chi connectivity index (χ1v) is 27.3. The second-order valence-electron chi connectivity index (χ2n) is 28.6. The third-order valence-corrected chi connectivity index (χ3v) is 18.2. The smallest absolute Gasteiger partial charge is 0.257 e. The van der Waals surface area contributed by atoms with Crippen LogP contribution < -0.4 is 26.2 Å². The minimum atomic E-state index is -0.0751. The van der Waals surface area contributed by atoms with Gasteiger partial charge in [-0.1, -0.05) is 166 Å². The Morgan fingerprint density at radius 2 is 1.00 bits per heavy atom.